The van der Waals surface area contributed by atoms with Gasteiger partial charge in [-0.25, -0.2) is 74.8 Å². The van der Waals surface area contributed by atoms with Crippen molar-refractivity contribution in [3.8, 4) is 159 Å². The Labute approximate surface area is 821 Å². The van der Waals surface area contributed by atoms with Crippen LogP contribution < -0.4 is 4.90 Å². The third-order valence-electron chi connectivity index (χ3n) is 23.0. The summed E-state index contributed by atoms with van der Waals surface area (Å²) < 4.78 is 0. The molecule has 0 N–H and O–H groups in total. The molecule has 16 heteroatoms. The molecule has 16 nitrogen and oxygen atoms in total. The fourth-order valence-corrected chi connectivity index (χ4v) is 15.8. The van der Waals surface area contributed by atoms with Crippen LogP contribution in [-0.2, 0) is 0 Å². The highest BCUT2D eigenvalue weighted by molar-refractivity contribution is 5.89. The lowest BCUT2D eigenvalue weighted by molar-refractivity contribution is 0.991. The van der Waals surface area contributed by atoms with E-state index < -0.39 is 0 Å². The van der Waals surface area contributed by atoms with Crippen LogP contribution in [-0.4, -0.2) is 81.8 Å². The van der Waals surface area contributed by atoms with Crippen molar-refractivity contribution in [3.05, 3.63) is 514 Å². The van der Waals surface area contributed by atoms with Gasteiger partial charge in [0.1, 0.15) is 17.5 Å². The Kier molecular flexibility index (Phi) is 30.0. The number of hydrogen-bond acceptors (Lipinski definition) is 16. The fourth-order valence-electron chi connectivity index (χ4n) is 15.8. The van der Waals surface area contributed by atoms with Gasteiger partial charge in [-0.3, -0.25) is 0 Å². The Morgan fingerprint density at radius 1 is 0.128 bits per heavy atom. The minimum atomic E-state index is 0.685. The average Bonchev–Trinajstić information content (AvgIpc) is 0.775. The van der Waals surface area contributed by atoms with Crippen molar-refractivity contribution in [1.29, 1.82) is 0 Å². The zero-order chi connectivity index (χ0) is 96.3. The Morgan fingerprint density at radius 2 is 0.319 bits per heavy atom. The third-order valence-corrected chi connectivity index (χ3v) is 23.0. The topological polar surface area (TPSA) is 197 Å². The summed E-state index contributed by atoms with van der Waals surface area (Å²) in [5, 5.41) is 4.78. The molecule has 141 heavy (non-hydrogen) atoms. The normalized spacial score (nSPS) is 10.6. The van der Waals surface area contributed by atoms with Gasteiger partial charge in [0.15, 0.2) is 69.9 Å². The van der Waals surface area contributed by atoms with Crippen LogP contribution in [0.4, 0.5) is 11.4 Å². The van der Waals surface area contributed by atoms with Crippen LogP contribution in [0, 0.1) is 34.6 Å². The number of aryl methyl sites for hydroxylation is 5. The average molecular weight is 1820 g/mol. The molecule has 0 unspecified atom stereocenters. The third kappa shape index (κ3) is 24.5. The number of anilines is 2. The van der Waals surface area contributed by atoms with E-state index in [1.54, 1.807) is 0 Å². The van der Waals surface area contributed by atoms with Crippen molar-refractivity contribution >= 4 is 32.9 Å². The lowest BCUT2D eigenvalue weighted by Crippen LogP contribution is -2.08. The van der Waals surface area contributed by atoms with Crippen molar-refractivity contribution in [2.75, 3.05) is 11.9 Å². The molecule has 0 spiro atoms. The van der Waals surface area contributed by atoms with Gasteiger partial charge < -0.3 is 4.90 Å². The quantitative estimate of drug-likeness (QED) is 0.0885. The monoisotopic (exact) mass is 1820 g/mol. The lowest BCUT2D eigenvalue weighted by atomic mass is 10.0. The fraction of sp³-hybridized carbons (Fsp3) is 0.0480. The molecule has 0 aliphatic rings. The second kappa shape index (κ2) is 45.6. The summed E-state index contributed by atoms with van der Waals surface area (Å²) in [5.74, 6) is 10.5. The second-order valence-electron chi connectivity index (χ2n) is 33.4. The van der Waals surface area contributed by atoms with Crippen molar-refractivity contribution in [2.45, 2.75) is 34.6 Å². The molecule has 23 rings (SSSR count). The standard InChI is InChI=1S/C28H21N3.C24H17N3.2C22H17N3.C16H13N3.C13H13N/c1-20-29-27(25-16-8-14-23(18-25)21-10-4-2-5-11-21)31-28(30-20)26-17-9-15-24(19-26)22-12-6-3-7-13-22;1-16-25-23(21-12-10-17-6-2-4-8-19(17)14-21)27-24(26-16)22-13-11-18-7-3-5-9-20(18)15-22;1-16-9-8-14-19(15-16)22-24-20(17-10-4-2-5-11-17)23-21(25-22)18-12-6-3-7-13-18;1-16-12-14-19(15-13-16)22-24-20(17-8-4-2-5-9-17)23-21(25-22)18-10-6-3-7-11-18;1-12-17-15(13-8-4-2-5-9-13)19-16(18-12)14-10-6-3-7-11-14;1-14(12-8-4-2-5-9-12)13-10-6-3-7-11-13/h2-19H,1H3;2-15H,1H3;2*2-15H,1H3;2-11H,1H3;2-11H,1H3. The number of fused-ring (bicyclic) bond motifs is 2. The zero-order valence-corrected chi connectivity index (χ0v) is 78.8. The van der Waals surface area contributed by atoms with Crippen molar-refractivity contribution in [2.24, 2.45) is 0 Å². The molecule has 0 amide bonds. The molecule has 0 fully saturated rings. The summed E-state index contributed by atoms with van der Waals surface area (Å²) in [6.07, 6.45) is 0. The van der Waals surface area contributed by atoms with Gasteiger partial charge in [0, 0.05) is 85.2 Å². The van der Waals surface area contributed by atoms with Crippen LogP contribution in [0.1, 0.15) is 28.6 Å². The van der Waals surface area contributed by atoms with Crippen molar-refractivity contribution in [3.63, 3.8) is 0 Å². The molecule has 5 heterocycles. The highest BCUT2D eigenvalue weighted by Crippen LogP contribution is 2.34. The van der Waals surface area contributed by atoms with Gasteiger partial charge >= 0.3 is 0 Å². The predicted octanol–water partition coefficient (Wildman–Crippen LogP) is 30.0. The van der Waals surface area contributed by atoms with Crippen molar-refractivity contribution < 1.29 is 0 Å². The van der Waals surface area contributed by atoms with E-state index in [1.165, 1.54) is 55.2 Å². The van der Waals surface area contributed by atoms with Crippen LogP contribution >= 0.6 is 0 Å². The smallest absolute Gasteiger partial charge is 0.164 e. The number of aromatic nitrogens is 15. The van der Waals surface area contributed by atoms with Crippen LogP contribution in [0.25, 0.3) is 180 Å². The Hall–Kier alpha value is -18.7. The predicted molar refractivity (Wildman–Crippen MR) is 575 cm³/mol. The van der Waals surface area contributed by atoms with Crippen LogP contribution in [0.15, 0.2) is 485 Å². The van der Waals surface area contributed by atoms with Gasteiger partial charge in [0.25, 0.3) is 0 Å². The van der Waals surface area contributed by atoms with E-state index in [0.717, 1.165) is 89.5 Å². The summed E-state index contributed by atoms with van der Waals surface area (Å²) in [4.78, 5) is 71.8. The van der Waals surface area contributed by atoms with Gasteiger partial charge in [0.05, 0.1) is 0 Å². The number of benzene rings is 18. The minimum Gasteiger partial charge on any atom is -0.345 e. The molecule has 0 saturated carbocycles. The number of nitrogens with zero attached hydrogens (tertiary/aromatic N) is 16. The first kappa shape index (κ1) is 92.8. The van der Waals surface area contributed by atoms with Gasteiger partial charge in [-0.15, -0.1) is 0 Å². The highest BCUT2D eigenvalue weighted by atomic mass is 15.1. The van der Waals surface area contributed by atoms with E-state index in [1.807, 2.05) is 324 Å². The van der Waals surface area contributed by atoms with Gasteiger partial charge in [-0.05, 0) is 133 Å². The molecule has 0 bridgehead atoms. The van der Waals surface area contributed by atoms with E-state index in [2.05, 4.69) is 243 Å². The summed E-state index contributed by atoms with van der Waals surface area (Å²) >= 11 is 0. The van der Waals surface area contributed by atoms with E-state index in [9.17, 15) is 0 Å². The molecule has 0 aliphatic heterocycles. The summed E-state index contributed by atoms with van der Waals surface area (Å²) in [6.45, 7) is 9.86. The molecule has 678 valence electrons. The molecule has 0 radical (unpaired) electrons. The molecule has 18 aromatic carbocycles. The van der Waals surface area contributed by atoms with Crippen LogP contribution in [0.5, 0.6) is 0 Å². The maximum atomic E-state index is 4.82. The molecular formula is C125H98N16. The Balaban J connectivity index is 0.000000113. The highest BCUT2D eigenvalue weighted by Gasteiger charge is 2.19. The lowest BCUT2D eigenvalue weighted by Gasteiger charge is -2.18. The first-order chi connectivity index (χ1) is 69.3. The van der Waals surface area contributed by atoms with E-state index in [-0.39, 0.29) is 0 Å². The Morgan fingerprint density at radius 3 is 0.603 bits per heavy atom. The first-order valence-electron chi connectivity index (χ1n) is 46.6. The van der Waals surface area contributed by atoms with E-state index in [4.69, 9.17) is 39.9 Å². The largest absolute Gasteiger partial charge is 0.345 e. The van der Waals surface area contributed by atoms with E-state index >= 15 is 0 Å². The number of para-hydroxylation sites is 2. The summed E-state index contributed by atoms with van der Waals surface area (Å²) in [5.41, 5.74) is 21.3. The van der Waals surface area contributed by atoms with Gasteiger partial charge in [0.2, 0.25) is 0 Å². The SMILES string of the molecule is CN(c1ccccc1)c1ccccc1.Cc1ccc(-c2nc(-c3ccccc3)nc(-c3ccccc3)n2)cc1.Cc1cccc(-c2nc(-c3ccccc3)nc(-c3ccccc3)n2)c1.Cc1nc(-c2ccc3ccccc3c2)nc(-c2ccc3ccccc3c2)n1.Cc1nc(-c2cccc(-c3ccccc3)c2)nc(-c2cccc(-c3ccccc3)c2)n1.Cc1nc(-c2ccccc2)nc(-c2ccccc2)n1. The molecule has 23 aromatic rings. The maximum Gasteiger partial charge on any atom is 0.164 e. The minimum absolute atomic E-state index is 0.685. The molecule has 0 atom stereocenters. The Bertz CT molecular complexity index is 7660. The van der Waals surface area contributed by atoms with Gasteiger partial charge in [-0.1, -0.05) is 442 Å². The molecular weight excluding hydrogens is 1730 g/mol. The molecule has 0 aliphatic carbocycles. The first-order valence-corrected chi connectivity index (χ1v) is 46.6. The van der Waals surface area contributed by atoms with Crippen LogP contribution in [0.3, 0.4) is 0 Å². The molecule has 0 saturated heterocycles. The summed E-state index contributed by atoms with van der Waals surface area (Å²) in [7, 11) is 2.07. The maximum absolute atomic E-state index is 4.82. The van der Waals surface area contributed by atoms with Gasteiger partial charge in [-0.2, -0.15) is 0 Å². The molecule has 5 aromatic heterocycles. The summed E-state index contributed by atoms with van der Waals surface area (Å²) in [6, 6.07) is 164. The van der Waals surface area contributed by atoms with Crippen molar-refractivity contribution in [1.82, 2.24) is 74.8 Å². The number of hydrogen-bond donors (Lipinski definition) is 0. The van der Waals surface area contributed by atoms with Crippen LogP contribution in [0.2, 0.25) is 0 Å². The zero-order valence-electron chi connectivity index (χ0n) is 78.8. The second-order valence-corrected chi connectivity index (χ2v) is 33.4. The van der Waals surface area contributed by atoms with E-state index in [0.29, 0.717) is 75.7 Å². The number of rotatable bonds is 16.